The van der Waals surface area contributed by atoms with Crippen LogP contribution in [0.5, 0.6) is 0 Å². The van der Waals surface area contributed by atoms with Crippen molar-refractivity contribution in [2.75, 3.05) is 0 Å². The molecule has 2 nitrogen and oxygen atoms in total. The maximum Gasteiger partial charge on any atom is 0.141 e. The highest BCUT2D eigenvalue weighted by Gasteiger charge is 2.30. The molecule has 1 heterocycles. The first-order valence-corrected chi connectivity index (χ1v) is 5.32. The maximum atomic E-state index is 13.0. The first-order valence-electron chi connectivity index (χ1n) is 5.32. The second kappa shape index (κ2) is 4.71. The normalized spacial score (nSPS) is 17.1. The van der Waals surface area contributed by atoms with Crippen LogP contribution in [-0.4, -0.2) is 10.1 Å². The van der Waals surface area contributed by atoms with Gasteiger partial charge >= 0.3 is 0 Å². The summed E-state index contributed by atoms with van der Waals surface area (Å²) in [6, 6.07) is 1.35. The topological polar surface area (TPSA) is 33.1 Å². The summed E-state index contributed by atoms with van der Waals surface area (Å²) in [7, 11) is 0. The van der Waals surface area contributed by atoms with Crippen molar-refractivity contribution in [2.24, 2.45) is 5.92 Å². The highest BCUT2D eigenvalue weighted by atomic mass is 19.1. The Labute approximate surface area is 90.2 Å². The number of nitrogens with zero attached hydrogens (tertiary/aromatic N) is 1. The summed E-state index contributed by atoms with van der Waals surface area (Å²) in [6.45, 7) is 5.74. The Hall–Kier alpha value is -0.960. The molecular weight excluding hydrogens is 193 g/mol. The molecule has 0 aliphatic carbocycles. The zero-order valence-corrected chi connectivity index (χ0v) is 9.50. The van der Waals surface area contributed by atoms with E-state index in [4.69, 9.17) is 0 Å². The molecule has 0 saturated carbocycles. The zero-order valence-electron chi connectivity index (χ0n) is 9.50. The van der Waals surface area contributed by atoms with Gasteiger partial charge in [0.25, 0.3) is 0 Å². The molecule has 0 aromatic carbocycles. The van der Waals surface area contributed by atoms with Gasteiger partial charge in [0.2, 0.25) is 0 Å². The van der Waals surface area contributed by atoms with Crippen LogP contribution in [0.15, 0.2) is 18.5 Å². The Bertz CT molecular complexity index is 325. The maximum absolute atomic E-state index is 13.0. The molecule has 0 spiro atoms. The van der Waals surface area contributed by atoms with Crippen molar-refractivity contribution in [3.05, 3.63) is 29.8 Å². The molecule has 1 aromatic heterocycles. The molecule has 1 aromatic rings. The van der Waals surface area contributed by atoms with Crippen molar-refractivity contribution in [2.45, 2.75) is 39.2 Å². The average Bonchev–Trinajstić information content (AvgIpc) is 2.18. The van der Waals surface area contributed by atoms with Crippen LogP contribution in [0.2, 0.25) is 0 Å². The highest BCUT2D eigenvalue weighted by Crippen LogP contribution is 2.31. The molecule has 2 atom stereocenters. The van der Waals surface area contributed by atoms with E-state index < -0.39 is 11.4 Å². The standard InChI is InChI=1S/C12H18FNO/c1-4-5-9(2)12(3,15)10-6-11(13)8-14-7-10/h6-9,15H,4-5H2,1-3H3. The summed E-state index contributed by atoms with van der Waals surface area (Å²) < 4.78 is 13.0. The van der Waals surface area contributed by atoms with Crippen molar-refractivity contribution in [1.29, 1.82) is 0 Å². The van der Waals surface area contributed by atoms with E-state index >= 15 is 0 Å². The number of rotatable bonds is 4. The van der Waals surface area contributed by atoms with Gasteiger partial charge in [-0.15, -0.1) is 0 Å². The summed E-state index contributed by atoms with van der Waals surface area (Å²) in [5.74, 6) is -0.317. The minimum absolute atomic E-state index is 0.0890. The van der Waals surface area contributed by atoms with Crippen molar-refractivity contribution >= 4 is 0 Å². The summed E-state index contributed by atoms with van der Waals surface area (Å²) in [5.41, 5.74) is -0.464. The molecule has 1 N–H and O–H groups in total. The van der Waals surface area contributed by atoms with E-state index in [-0.39, 0.29) is 5.92 Å². The third-order valence-corrected chi connectivity index (χ3v) is 2.97. The lowest BCUT2D eigenvalue weighted by molar-refractivity contribution is -0.00277. The fourth-order valence-corrected chi connectivity index (χ4v) is 1.69. The van der Waals surface area contributed by atoms with E-state index in [1.165, 1.54) is 12.3 Å². The Morgan fingerprint density at radius 2 is 2.20 bits per heavy atom. The van der Waals surface area contributed by atoms with E-state index in [0.29, 0.717) is 5.56 Å². The predicted molar refractivity (Wildman–Crippen MR) is 57.8 cm³/mol. The molecule has 0 aliphatic rings. The molecule has 0 fully saturated rings. The van der Waals surface area contributed by atoms with Crippen LogP contribution in [0, 0.1) is 11.7 Å². The summed E-state index contributed by atoms with van der Waals surface area (Å²) in [4.78, 5) is 3.76. The van der Waals surface area contributed by atoms with E-state index in [1.807, 2.05) is 6.92 Å². The summed E-state index contributed by atoms with van der Waals surface area (Å²) in [5, 5.41) is 10.3. The number of aliphatic hydroxyl groups is 1. The number of pyridine rings is 1. The quantitative estimate of drug-likeness (QED) is 0.830. The van der Waals surface area contributed by atoms with Gasteiger partial charge in [0.15, 0.2) is 0 Å². The van der Waals surface area contributed by atoms with Crippen molar-refractivity contribution in [1.82, 2.24) is 4.98 Å². The van der Waals surface area contributed by atoms with Gasteiger partial charge < -0.3 is 5.11 Å². The average molecular weight is 211 g/mol. The first-order chi connectivity index (χ1) is 6.98. The Balaban J connectivity index is 2.94. The molecule has 3 heteroatoms. The molecule has 15 heavy (non-hydrogen) atoms. The highest BCUT2D eigenvalue weighted by molar-refractivity contribution is 5.18. The van der Waals surface area contributed by atoms with Crippen LogP contribution in [0.25, 0.3) is 0 Å². The second-order valence-corrected chi connectivity index (χ2v) is 4.23. The molecule has 0 bridgehead atoms. The number of aromatic nitrogens is 1. The van der Waals surface area contributed by atoms with Gasteiger partial charge in [0.1, 0.15) is 5.82 Å². The zero-order chi connectivity index (χ0) is 11.5. The molecular formula is C12H18FNO. The fourth-order valence-electron chi connectivity index (χ4n) is 1.69. The van der Waals surface area contributed by atoms with E-state index in [2.05, 4.69) is 11.9 Å². The number of halogens is 1. The van der Waals surface area contributed by atoms with Gasteiger partial charge in [-0.1, -0.05) is 20.3 Å². The lowest BCUT2D eigenvalue weighted by atomic mass is 9.82. The van der Waals surface area contributed by atoms with Crippen molar-refractivity contribution < 1.29 is 9.50 Å². The van der Waals surface area contributed by atoms with Crippen molar-refractivity contribution in [3.8, 4) is 0 Å². The van der Waals surface area contributed by atoms with Crippen LogP contribution < -0.4 is 0 Å². The van der Waals surface area contributed by atoms with Gasteiger partial charge in [-0.2, -0.15) is 0 Å². The van der Waals surface area contributed by atoms with Crippen molar-refractivity contribution in [3.63, 3.8) is 0 Å². The minimum atomic E-state index is -1.01. The molecule has 84 valence electrons. The van der Waals surface area contributed by atoms with Gasteiger partial charge in [0.05, 0.1) is 11.8 Å². The smallest absolute Gasteiger partial charge is 0.141 e. The second-order valence-electron chi connectivity index (χ2n) is 4.23. The Morgan fingerprint density at radius 1 is 1.53 bits per heavy atom. The molecule has 2 unspecified atom stereocenters. The van der Waals surface area contributed by atoms with Crippen LogP contribution in [-0.2, 0) is 5.60 Å². The van der Waals surface area contributed by atoms with Gasteiger partial charge in [-0.05, 0) is 25.3 Å². The molecule has 0 amide bonds. The van der Waals surface area contributed by atoms with E-state index in [9.17, 15) is 9.50 Å². The predicted octanol–water partition coefficient (Wildman–Crippen LogP) is 2.86. The molecule has 0 radical (unpaired) electrons. The Morgan fingerprint density at radius 3 is 2.73 bits per heavy atom. The number of hydrogen-bond donors (Lipinski definition) is 1. The lowest BCUT2D eigenvalue weighted by Crippen LogP contribution is -2.30. The minimum Gasteiger partial charge on any atom is -0.385 e. The van der Waals surface area contributed by atoms with Gasteiger partial charge in [0, 0.05) is 11.8 Å². The van der Waals surface area contributed by atoms with E-state index in [1.54, 1.807) is 6.92 Å². The lowest BCUT2D eigenvalue weighted by Gasteiger charge is -2.30. The van der Waals surface area contributed by atoms with Crippen LogP contribution >= 0.6 is 0 Å². The van der Waals surface area contributed by atoms with E-state index in [0.717, 1.165) is 19.0 Å². The summed E-state index contributed by atoms with van der Waals surface area (Å²) in [6.07, 6.45) is 4.57. The largest absolute Gasteiger partial charge is 0.385 e. The fraction of sp³-hybridized carbons (Fsp3) is 0.583. The third kappa shape index (κ3) is 2.75. The molecule has 0 aliphatic heterocycles. The first kappa shape index (κ1) is 12.1. The molecule has 0 saturated heterocycles. The van der Waals surface area contributed by atoms with Crippen LogP contribution in [0.1, 0.15) is 39.2 Å². The summed E-state index contributed by atoms with van der Waals surface area (Å²) >= 11 is 0. The Kier molecular flexibility index (Phi) is 3.80. The monoisotopic (exact) mass is 211 g/mol. The number of hydrogen-bond acceptors (Lipinski definition) is 2. The van der Waals surface area contributed by atoms with Gasteiger partial charge in [-0.25, -0.2) is 4.39 Å². The SMILES string of the molecule is CCCC(C)C(C)(O)c1cncc(F)c1. The van der Waals surface area contributed by atoms with Gasteiger partial charge in [-0.3, -0.25) is 4.98 Å². The molecule has 1 rings (SSSR count). The van der Waals surface area contributed by atoms with Crippen LogP contribution in [0.4, 0.5) is 4.39 Å². The van der Waals surface area contributed by atoms with Crippen LogP contribution in [0.3, 0.4) is 0 Å². The third-order valence-electron chi connectivity index (χ3n) is 2.97.